The maximum Gasteiger partial charge on any atom is 0.288 e. The molecule has 1 aromatic rings. The Morgan fingerprint density at radius 3 is 2.67 bits per heavy atom. The van der Waals surface area contributed by atoms with E-state index in [1.54, 1.807) is 0 Å². The number of nitrogens with one attached hydrogen (secondary N) is 1. The molecule has 0 unspecified atom stereocenters. The van der Waals surface area contributed by atoms with Gasteiger partial charge in [0.25, 0.3) is 11.6 Å². The summed E-state index contributed by atoms with van der Waals surface area (Å²) in [5.74, 6) is -0.450. The van der Waals surface area contributed by atoms with Crippen LogP contribution in [0.15, 0.2) is 18.2 Å². The molecule has 7 heteroatoms. The van der Waals surface area contributed by atoms with Crippen LogP contribution in [0.5, 0.6) is 0 Å². The number of nitrogens with zero attached hydrogens (tertiary/aromatic N) is 1. The van der Waals surface area contributed by atoms with Crippen LogP contribution >= 0.6 is 11.6 Å². The summed E-state index contributed by atoms with van der Waals surface area (Å²) >= 11 is 5.70. The second kappa shape index (κ2) is 6.41. The topological polar surface area (TPSA) is 92.5 Å². The summed E-state index contributed by atoms with van der Waals surface area (Å²) in [6.45, 7) is 0.155. The molecule has 0 aromatic heterocycles. The summed E-state index contributed by atoms with van der Waals surface area (Å²) in [7, 11) is 0. The van der Waals surface area contributed by atoms with E-state index >= 15 is 0 Å². The van der Waals surface area contributed by atoms with Crippen molar-refractivity contribution in [1.82, 2.24) is 5.32 Å². The Labute approximate surface area is 127 Å². The largest absolute Gasteiger partial charge is 0.388 e. The van der Waals surface area contributed by atoms with Gasteiger partial charge in [-0.05, 0) is 25.0 Å². The first-order chi connectivity index (χ1) is 9.91. The predicted octanol–water partition coefficient (Wildman–Crippen LogP) is 2.67. The number of nitro benzene ring substituents is 1. The van der Waals surface area contributed by atoms with Crippen LogP contribution in [-0.4, -0.2) is 28.1 Å². The van der Waals surface area contributed by atoms with Crippen LogP contribution in [0.4, 0.5) is 5.69 Å². The average Bonchev–Trinajstić information content (AvgIpc) is 2.46. The number of amides is 1. The summed E-state index contributed by atoms with van der Waals surface area (Å²) in [5.41, 5.74) is -1.02. The molecule has 6 nitrogen and oxygen atoms in total. The molecule has 0 saturated heterocycles. The zero-order valence-electron chi connectivity index (χ0n) is 11.5. The van der Waals surface area contributed by atoms with Gasteiger partial charge in [-0.15, -0.1) is 0 Å². The Kier molecular flexibility index (Phi) is 4.80. The molecule has 0 atom stereocenters. The number of hydrogen-bond acceptors (Lipinski definition) is 4. The van der Waals surface area contributed by atoms with Crippen molar-refractivity contribution < 1.29 is 14.8 Å². The van der Waals surface area contributed by atoms with Crippen LogP contribution in [0.25, 0.3) is 0 Å². The number of benzene rings is 1. The summed E-state index contributed by atoms with van der Waals surface area (Å²) in [5, 5.41) is 23.7. The molecule has 0 heterocycles. The van der Waals surface area contributed by atoms with E-state index in [0.29, 0.717) is 12.8 Å². The molecule has 1 fully saturated rings. The number of rotatable bonds is 4. The lowest BCUT2D eigenvalue weighted by Crippen LogP contribution is -2.44. The molecule has 2 N–H and O–H groups in total. The van der Waals surface area contributed by atoms with Crippen LogP contribution < -0.4 is 5.32 Å². The van der Waals surface area contributed by atoms with Gasteiger partial charge in [0.05, 0.1) is 10.5 Å². The Morgan fingerprint density at radius 2 is 2.05 bits per heavy atom. The van der Waals surface area contributed by atoms with E-state index in [0.717, 1.165) is 25.3 Å². The summed E-state index contributed by atoms with van der Waals surface area (Å²) < 4.78 is 0. The monoisotopic (exact) mass is 312 g/mol. The van der Waals surface area contributed by atoms with Crippen LogP contribution in [0.3, 0.4) is 0 Å². The van der Waals surface area contributed by atoms with Crippen molar-refractivity contribution in [1.29, 1.82) is 0 Å². The van der Waals surface area contributed by atoms with Crippen molar-refractivity contribution >= 4 is 23.2 Å². The highest BCUT2D eigenvalue weighted by molar-refractivity contribution is 6.32. The van der Waals surface area contributed by atoms with Crippen molar-refractivity contribution in [3.05, 3.63) is 38.9 Å². The van der Waals surface area contributed by atoms with Gasteiger partial charge in [0.2, 0.25) is 0 Å². The summed E-state index contributed by atoms with van der Waals surface area (Å²) in [4.78, 5) is 22.2. The molecule has 0 aliphatic heterocycles. The molecule has 1 aliphatic carbocycles. The van der Waals surface area contributed by atoms with Gasteiger partial charge in [-0.1, -0.05) is 30.9 Å². The molecule has 0 radical (unpaired) electrons. The molecule has 0 bridgehead atoms. The van der Waals surface area contributed by atoms with Crippen LogP contribution in [0, 0.1) is 10.1 Å². The molecule has 21 heavy (non-hydrogen) atoms. The fraction of sp³-hybridized carbons (Fsp3) is 0.500. The highest BCUT2D eigenvalue weighted by Gasteiger charge is 2.29. The number of hydrogen-bond donors (Lipinski definition) is 2. The van der Waals surface area contributed by atoms with Crippen molar-refractivity contribution in [2.24, 2.45) is 0 Å². The summed E-state index contributed by atoms with van der Waals surface area (Å²) in [6.07, 6.45) is 4.30. The quantitative estimate of drug-likeness (QED) is 0.660. The first kappa shape index (κ1) is 15.7. The smallest absolute Gasteiger partial charge is 0.288 e. The lowest BCUT2D eigenvalue weighted by atomic mass is 9.85. The molecule has 1 amide bonds. The Balaban J connectivity index is 2.03. The lowest BCUT2D eigenvalue weighted by molar-refractivity contribution is -0.384. The van der Waals surface area contributed by atoms with Gasteiger partial charge < -0.3 is 10.4 Å². The van der Waals surface area contributed by atoms with E-state index in [9.17, 15) is 20.0 Å². The van der Waals surface area contributed by atoms with E-state index in [-0.39, 0.29) is 22.8 Å². The van der Waals surface area contributed by atoms with Gasteiger partial charge in [0.15, 0.2) is 0 Å². The average molecular weight is 313 g/mol. The Bertz CT molecular complexity index is 556. The Hall–Kier alpha value is -1.66. The highest BCUT2D eigenvalue weighted by atomic mass is 35.5. The Morgan fingerprint density at radius 1 is 1.38 bits per heavy atom. The minimum absolute atomic E-state index is 0.0116. The van der Waals surface area contributed by atoms with Gasteiger partial charge in [0, 0.05) is 18.2 Å². The minimum atomic E-state index is -0.869. The highest BCUT2D eigenvalue weighted by Crippen LogP contribution is 2.28. The second-order valence-corrected chi connectivity index (χ2v) is 5.80. The van der Waals surface area contributed by atoms with E-state index < -0.39 is 16.4 Å². The number of carbonyl (C=O) groups is 1. The molecular formula is C14H17ClN2O4. The van der Waals surface area contributed by atoms with Gasteiger partial charge in [-0.2, -0.15) is 0 Å². The fourth-order valence-corrected chi connectivity index (χ4v) is 2.71. The molecule has 0 spiro atoms. The number of nitro groups is 1. The predicted molar refractivity (Wildman–Crippen MR) is 78.5 cm³/mol. The first-order valence-electron chi connectivity index (χ1n) is 6.86. The third-order valence-corrected chi connectivity index (χ3v) is 4.09. The van der Waals surface area contributed by atoms with Crippen molar-refractivity contribution in [2.45, 2.75) is 37.7 Å². The first-order valence-corrected chi connectivity index (χ1v) is 7.24. The van der Waals surface area contributed by atoms with Gasteiger partial charge >= 0.3 is 0 Å². The zero-order valence-corrected chi connectivity index (χ0v) is 12.2. The molecule has 1 aromatic carbocycles. The maximum absolute atomic E-state index is 12.0. The number of carbonyl (C=O) groups excluding carboxylic acids is 1. The minimum Gasteiger partial charge on any atom is -0.388 e. The normalized spacial score (nSPS) is 17.2. The van der Waals surface area contributed by atoms with E-state index in [1.165, 1.54) is 12.1 Å². The van der Waals surface area contributed by atoms with Gasteiger partial charge in [-0.25, -0.2) is 0 Å². The SMILES string of the molecule is O=C(NCC1(O)CCCCC1)c1ccc(Cl)c([N+](=O)[O-])c1. The van der Waals surface area contributed by atoms with Gasteiger partial charge in [-0.3, -0.25) is 14.9 Å². The van der Waals surface area contributed by atoms with Crippen LogP contribution in [-0.2, 0) is 0 Å². The van der Waals surface area contributed by atoms with Crippen LogP contribution in [0.1, 0.15) is 42.5 Å². The summed E-state index contributed by atoms with van der Waals surface area (Å²) in [6, 6.07) is 3.89. The van der Waals surface area contributed by atoms with E-state index in [1.807, 2.05) is 0 Å². The van der Waals surface area contributed by atoms with E-state index in [2.05, 4.69) is 5.32 Å². The fourth-order valence-electron chi connectivity index (χ4n) is 2.53. The third-order valence-electron chi connectivity index (χ3n) is 3.77. The maximum atomic E-state index is 12.0. The third kappa shape index (κ3) is 3.92. The molecule has 1 saturated carbocycles. The standard InChI is InChI=1S/C14H17ClN2O4/c15-11-5-4-10(8-12(11)17(20)21)13(18)16-9-14(19)6-2-1-3-7-14/h4-5,8,19H,1-3,6-7,9H2,(H,16,18). The zero-order chi connectivity index (χ0) is 15.5. The number of halogens is 1. The lowest BCUT2D eigenvalue weighted by Gasteiger charge is -2.32. The van der Waals surface area contributed by atoms with Crippen molar-refractivity contribution in [3.63, 3.8) is 0 Å². The molecule has 114 valence electrons. The van der Waals surface area contributed by atoms with Crippen molar-refractivity contribution in [2.75, 3.05) is 6.54 Å². The van der Waals surface area contributed by atoms with Gasteiger partial charge in [0.1, 0.15) is 5.02 Å². The van der Waals surface area contributed by atoms with Crippen molar-refractivity contribution in [3.8, 4) is 0 Å². The second-order valence-electron chi connectivity index (χ2n) is 5.39. The molecule has 1 aliphatic rings. The molecule has 2 rings (SSSR count). The van der Waals surface area contributed by atoms with E-state index in [4.69, 9.17) is 11.6 Å². The molecular weight excluding hydrogens is 296 g/mol. The van der Waals surface area contributed by atoms with Crippen LogP contribution in [0.2, 0.25) is 5.02 Å². The number of aliphatic hydroxyl groups is 1.